The second-order valence-electron chi connectivity index (χ2n) is 5.15. The van der Waals surface area contributed by atoms with Gasteiger partial charge in [0.25, 0.3) is 6.01 Å². The van der Waals surface area contributed by atoms with Gasteiger partial charge in [0, 0.05) is 19.2 Å². The van der Waals surface area contributed by atoms with E-state index in [0.717, 1.165) is 19.4 Å². The number of halogens is 1. The fraction of sp³-hybridized carbons (Fsp3) is 0.467. The summed E-state index contributed by atoms with van der Waals surface area (Å²) in [5.74, 6) is -0.680. The van der Waals surface area contributed by atoms with Crippen LogP contribution in [0.25, 0.3) is 11.1 Å². The summed E-state index contributed by atoms with van der Waals surface area (Å²) < 4.78 is 23.9. The molecule has 6 heteroatoms. The van der Waals surface area contributed by atoms with Crippen LogP contribution in [0.1, 0.15) is 19.8 Å². The first-order valence-corrected chi connectivity index (χ1v) is 7.15. The molecule has 1 aliphatic heterocycles. The van der Waals surface area contributed by atoms with Crippen LogP contribution in [-0.4, -0.2) is 30.6 Å². The monoisotopic (exact) mass is 292 g/mol. The molecule has 0 radical (unpaired) electrons. The highest BCUT2D eigenvalue weighted by molar-refractivity contribution is 5.75. The third-order valence-electron chi connectivity index (χ3n) is 3.65. The summed E-state index contributed by atoms with van der Waals surface area (Å²) in [4.78, 5) is 18.1. The number of hydrogen-bond donors (Lipinski definition) is 0. The maximum atomic E-state index is 13.2. The fourth-order valence-electron chi connectivity index (χ4n) is 2.63. The lowest BCUT2D eigenvalue weighted by molar-refractivity contribution is -0.148. The predicted octanol–water partition coefficient (Wildman–Crippen LogP) is 2.75. The minimum atomic E-state index is -0.342. The Morgan fingerprint density at radius 1 is 1.57 bits per heavy atom. The second-order valence-corrected chi connectivity index (χ2v) is 5.15. The Bertz CT molecular complexity index is 655. The van der Waals surface area contributed by atoms with E-state index in [1.165, 1.54) is 12.1 Å². The lowest BCUT2D eigenvalue weighted by Gasteiger charge is -2.30. The summed E-state index contributed by atoms with van der Waals surface area (Å²) in [6.45, 7) is 3.48. The number of hydrogen-bond acceptors (Lipinski definition) is 5. The molecule has 21 heavy (non-hydrogen) atoms. The molecule has 0 aliphatic carbocycles. The molecule has 5 nitrogen and oxygen atoms in total. The Morgan fingerprint density at radius 2 is 2.43 bits per heavy atom. The van der Waals surface area contributed by atoms with Crippen molar-refractivity contribution in [2.75, 3.05) is 24.6 Å². The third kappa shape index (κ3) is 2.84. The van der Waals surface area contributed by atoms with Crippen LogP contribution in [0.3, 0.4) is 0 Å². The van der Waals surface area contributed by atoms with Crippen LogP contribution in [0.5, 0.6) is 0 Å². The van der Waals surface area contributed by atoms with Crippen LogP contribution < -0.4 is 4.90 Å². The number of oxazole rings is 1. The van der Waals surface area contributed by atoms with Crippen LogP contribution in [0.4, 0.5) is 10.4 Å². The molecular weight excluding hydrogens is 275 g/mol. The van der Waals surface area contributed by atoms with Crippen molar-refractivity contribution in [2.24, 2.45) is 5.92 Å². The van der Waals surface area contributed by atoms with Crippen LogP contribution in [-0.2, 0) is 9.53 Å². The highest BCUT2D eigenvalue weighted by atomic mass is 19.1. The molecule has 1 atom stereocenters. The maximum Gasteiger partial charge on any atom is 0.310 e. The number of esters is 1. The number of fused-ring (bicyclic) bond motifs is 1. The molecule has 1 unspecified atom stereocenters. The van der Waals surface area contributed by atoms with E-state index >= 15 is 0 Å². The zero-order valence-corrected chi connectivity index (χ0v) is 11.8. The standard InChI is InChI=1S/C15H17FN2O3/c1-2-20-14(19)10-4-3-7-18(9-10)15-17-12-8-11(16)5-6-13(12)21-15/h5-6,8,10H,2-4,7,9H2,1H3. The van der Waals surface area contributed by atoms with Crippen LogP contribution in [0.2, 0.25) is 0 Å². The second kappa shape index (κ2) is 5.71. The van der Waals surface area contributed by atoms with E-state index < -0.39 is 0 Å². The summed E-state index contributed by atoms with van der Waals surface area (Å²) in [6.07, 6.45) is 1.68. The van der Waals surface area contributed by atoms with E-state index in [4.69, 9.17) is 9.15 Å². The van der Waals surface area contributed by atoms with Crippen LogP contribution in [0, 0.1) is 11.7 Å². The Morgan fingerprint density at radius 3 is 3.24 bits per heavy atom. The van der Waals surface area contributed by atoms with Crippen molar-refractivity contribution in [3.05, 3.63) is 24.0 Å². The SMILES string of the molecule is CCOC(=O)C1CCCN(c2nc3cc(F)ccc3o2)C1. The van der Waals surface area contributed by atoms with E-state index in [-0.39, 0.29) is 17.7 Å². The van der Waals surface area contributed by atoms with Gasteiger partial charge in [0.1, 0.15) is 11.3 Å². The summed E-state index contributed by atoms with van der Waals surface area (Å²) in [7, 11) is 0. The molecule has 0 saturated carbocycles. The van der Waals surface area contributed by atoms with E-state index in [9.17, 15) is 9.18 Å². The Hall–Kier alpha value is -2.11. The minimum absolute atomic E-state index is 0.162. The van der Waals surface area contributed by atoms with E-state index in [0.29, 0.717) is 30.3 Å². The fourth-order valence-corrected chi connectivity index (χ4v) is 2.63. The topological polar surface area (TPSA) is 55.6 Å². The van der Waals surface area contributed by atoms with Gasteiger partial charge in [-0.2, -0.15) is 4.98 Å². The molecular formula is C15H17FN2O3. The molecule has 1 saturated heterocycles. The highest BCUT2D eigenvalue weighted by Crippen LogP contribution is 2.27. The molecule has 2 aromatic rings. The summed E-state index contributed by atoms with van der Waals surface area (Å²) in [5.41, 5.74) is 1.04. The number of anilines is 1. The van der Waals surface area contributed by atoms with Crippen molar-refractivity contribution >= 4 is 23.1 Å². The van der Waals surface area contributed by atoms with Crippen molar-refractivity contribution in [1.29, 1.82) is 0 Å². The van der Waals surface area contributed by atoms with Gasteiger partial charge >= 0.3 is 5.97 Å². The lowest BCUT2D eigenvalue weighted by Crippen LogP contribution is -2.39. The predicted molar refractivity (Wildman–Crippen MR) is 75.5 cm³/mol. The Kier molecular flexibility index (Phi) is 3.77. The molecule has 0 spiro atoms. The molecule has 1 aromatic carbocycles. The number of ether oxygens (including phenoxy) is 1. The van der Waals surface area contributed by atoms with Crippen molar-refractivity contribution in [2.45, 2.75) is 19.8 Å². The van der Waals surface area contributed by atoms with Gasteiger partial charge in [0.05, 0.1) is 12.5 Å². The van der Waals surface area contributed by atoms with Gasteiger partial charge in [-0.15, -0.1) is 0 Å². The molecule has 112 valence electrons. The van der Waals surface area contributed by atoms with Gasteiger partial charge in [0.2, 0.25) is 0 Å². The molecule has 1 aromatic heterocycles. The van der Waals surface area contributed by atoms with Gasteiger partial charge in [-0.05, 0) is 31.9 Å². The molecule has 0 N–H and O–H groups in total. The van der Waals surface area contributed by atoms with Crippen molar-refractivity contribution in [3.8, 4) is 0 Å². The maximum absolute atomic E-state index is 13.2. The third-order valence-corrected chi connectivity index (χ3v) is 3.65. The summed E-state index contributed by atoms with van der Waals surface area (Å²) in [6, 6.07) is 4.68. The molecule has 1 aliphatic rings. The van der Waals surface area contributed by atoms with Gasteiger partial charge in [0.15, 0.2) is 5.58 Å². The van der Waals surface area contributed by atoms with Crippen LogP contribution >= 0.6 is 0 Å². The van der Waals surface area contributed by atoms with Crippen LogP contribution in [0.15, 0.2) is 22.6 Å². The minimum Gasteiger partial charge on any atom is -0.466 e. The average Bonchev–Trinajstić information content (AvgIpc) is 2.90. The van der Waals surface area contributed by atoms with Gasteiger partial charge < -0.3 is 14.1 Å². The largest absolute Gasteiger partial charge is 0.466 e. The summed E-state index contributed by atoms with van der Waals surface area (Å²) in [5, 5.41) is 0. The Labute approximate surface area is 121 Å². The summed E-state index contributed by atoms with van der Waals surface area (Å²) >= 11 is 0. The molecule has 3 rings (SSSR count). The van der Waals surface area contributed by atoms with E-state index in [1.54, 1.807) is 13.0 Å². The van der Waals surface area contributed by atoms with Crippen molar-refractivity contribution in [3.63, 3.8) is 0 Å². The average molecular weight is 292 g/mol. The number of benzene rings is 1. The molecule has 0 bridgehead atoms. The van der Waals surface area contributed by atoms with Crippen molar-refractivity contribution < 1.29 is 18.3 Å². The number of carbonyl (C=O) groups excluding carboxylic acids is 1. The molecule has 0 amide bonds. The zero-order valence-electron chi connectivity index (χ0n) is 11.8. The number of nitrogens with zero attached hydrogens (tertiary/aromatic N) is 2. The first-order chi connectivity index (χ1) is 10.2. The van der Waals surface area contributed by atoms with Gasteiger partial charge in [-0.25, -0.2) is 4.39 Å². The van der Waals surface area contributed by atoms with E-state index in [1.807, 2.05) is 4.90 Å². The smallest absolute Gasteiger partial charge is 0.310 e. The first-order valence-electron chi connectivity index (χ1n) is 7.15. The number of piperidine rings is 1. The highest BCUT2D eigenvalue weighted by Gasteiger charge is 2.29. The lowest BCUT2D eigenvalue weighted by atomic mass is 9.99. The molecule has 2 heterocycles. The number of aromatic nitrogens is 1. The van der Waals surface area contributed by atoms with Gasteiger partial charge in [-0.3, -0.25) is 4.79 Å². The Balaban J connectivity index is 1.79. The zero-order chi connectivity index (χ0) is 14.8. The molecule has 1 fully saturated rings. The quantitative estimate of drug-likeness (QED) is 0.814. The first kappa shape index (κ1) is 13.9. The van der Waals surface area contributed by atoms with Crippen molar-refractivity contribution in [1.82, 2.24) is 4.98 Å². The number of rotatable bonds is 3. The van der Waals surface area contributed by atoms with E-state index in [2.05, 4.69) is 4.98 Å². The van der Waals surface area contributed by atoms with Gasteiger partial charge in [-0.1, -0.05) is 0 Å². The number of carbonyl (C=O) groups is 1. The normalized spacial score (nSPS) is 19.0.